The molecule has 0 heterocycles. The summed E-state index contributed by atoms with van der Waals surface area (Å²) in [6.45, 7) is 6.40. The highest BCUT2D eigenvalue weighted by Gasteiger charge is 2.16. The lowest BCUT2D eigenvalue weighted by molar-refractivity contribution is -0.116. The first-order chi connectivity index (χ1) is 10.7. The Hall–Kier alpha value is -1.60. The Bertz CT molecular complexity index is 597. The van der Waals surface area contributed by atoms with Crippen LogP contribution in [0.4, 0.5) is 5.69 Å². The van der Waals surface area contributed by atoms with Gasteiger partial charge in [0.25, 0.3) is 0 Å². The number of amides is 1. The molecule has 0 aromatic heterocycles. The number of rotatable bonds is 9. The van der Waals surface area contributed by atoms with Gasteiger partial charge in [0.1, 0.15) is 5.75 Å². The Balaban J connectivity index is 2.53. The summed E-state index contributed by atoms with van der Waals surface area (Å²) < 4.78 is 30.1. The number of ether oxygens (including phenoxy) is 1. The fraction of sp³-hybridized carbons (Fsp3) is 0.562. The van der Waals surface area contributed by atoms with E-state index in [1.165, 1.54) is 4.31 Å². The van der Waals surface area contributed by atoms with Crippen LogP contribution in [0.2, 0.25) is 0 Å². The first-order valence-electron chi connectivity index (χ1n) is 7.74. The highest BCUT2D eigenvalue weighted by Crippen LogP contribution is 2.17. The number of carbonyl (C=O) groups excluding carboxylic acids is 1. The summed E-state index contributed by atoms with van der Waals surface area (Å²) in [6.07, 6.45) is 2.09. The number of nitrogens with one attached hydrogen (secondary N) is 1. The fourth-order valence-electron chi connectivity index (χ4n) is 2.03. The molecule has 6 nitrogen and oxygen atoms in total. The van der Waals surface area contributed by atoms with Crippen molar-refractivity contribution in [2.75, 3.05) is 24.7 Å². The van der Waals surface area contributed by atoms with Crippen LogP contribution in [-0.4, -0.2) is 44.1 Å². The zero-order chi connectivity index (χ0) is 17.5. The maximum absolute atomic E-state index is 11.9. The smallest absolute Gasteiger partial charge is 0.225 e. The second-order valence-corrected chi connectivity index (χ2v) is 7.63. The van der Waals surface area contributed by atoms with Gasteiger partial charge in [-0.2, -0.15) is 0 Å². The monoisotopic (exact) mass is 342 g/mol. The molecule has 0 aliphatic rings. The molecule has 0 fully saturated rings. The lowest BCUT2D eigenvalue weighted by Crippen LogP contribution is -2.33. The number of sulfonamides is 1. The number of anilines is 1. The zero-order valence-corrected chi connectivity index (χ0v) is 15.0. The summed E-state index contributed by atoms with van der Waals surface area (Å²) in [4.78, 5) is 11.9. The first-order valence-corrected chi connectivity index (χ1v) is 9.59. The standard InChI is InChI=1S/C16H26N2O4S/c1-5-11-18(23(4,20)21)12-10-16(19)17-14-6-8-15(9-7-14)22-13(2)3/h6-9,13H,5,10-12H2,1-4H3,(H,17,19). The van der Waals surface area contributed by atoms with Crippen molar-refractivity contribution in [1.82, 2.24) is 4.31 Å². The second-order valence-electron chi connectivity index (χ2n) is 5.65. The Kier molecular flexibility index (Phi) is 7.51. The number of hydrogen-bond donors (Lipinski definition) is 1. The number of hydrogen-bond acceptors (Lipinski definition) is 4. The van der Waals surface area contributed by atoms with Crippen molar-refractivity contribution in [2.45, 2.75) is 39.7 Å². The predicted molar refractivity (Wildman–Crippen MR) is 92.2 cm³/mol. The summed E-state index contributed by atoms with van der Waals surface area (Å²) in [5, 5.41) is 2.76. The van der Waals surface area contributed by atoms with Crippen molar-refractivity contribution in [2.24, 2.45) is 0 Å². The molecule has 1 aromatic rings. The SMILES string of the molecule is CCCN(CCC(=O)Nc1ccc(OC(C)C)cc1)S(C)(=O)=O. The van der Waals surface area contributed by atoms with Gasteiger partial charge in [0.2, 0.25) is 15.9 Å². The molecule has 23 heavy (non-hydrogen) atoms. The average molecular weight is 342 g/mol. The van der Waals surface area contributed by atoms with Crippen LogP contribution in [0.15, 0.2) is 24.3 Å². The van der Waals surface area contributed by atoms with E-state index in [0.717, 1.165) is 12.0 Å². The summed E-state index contributed by atoms with van der Waals surface area (Å²) in [5.74, 6) is 0.525. The number of nitrogens with zero attached hydrogens (tertiary/aromatic N) is 1. The minimum atomic E-state index is -3.28. The van der Waals surface area contributed by atoms with E-state index < -0.39 is 10.0 Å². The summed E-state index contributed by atoms with van der Waals surface area (Å²) >= 11 is 0. The molecule has 0 spiro atoms. The van der Waals surface area contributed by atoms with E-state index in [2.05, 4.69) is 5.32 Å². The quantitative estimate of drug-likeness (QED) is 0.748. The van der Waals surface area contributed by atoms with Crippen molar-refractivity contribution in [3.8, 4) is 5.75 Å². The molecule has 1 amide bonds. The van der Waals surface area contributed by atoms with Crippen LogP contribution in [0.5, 0.6) is 5.75 Å². The molecule has 1 N–H and O–H groups in total. The molecule has 0 aliphatic heterocycles. The predicted octanol–water partition coefficient (Wildman–Crippen LogP) is 2.47. The third-order valence-electron chi connectivity index (χ3n) is 3.04. The maximum atomic E-state index is 11.9. The molecule has 0 saturated carbocycles. The molecule has 0 saturated heterocycles. The summed E-state index contributed by atoms with van der Waals surface area (Å²) in [7, 11) is -3.28. The van der Waals surface area contributed by atoms with Crippen molar-refractivity contribution in [3.63, 3.8) is 0 Å². The van der Waals surface area contributed by atoms with Gasteiger partial charge < -0.3 is 10.1 Å². The Morgan fingerprint density at radius 1 is 1.22 bits per heavy atom. The topological polar surface area (TPSA) is 75.7 Å². The molecular formula is C16H26N2O4S. The molecular weight excluding hydrogens is 316 g/mol. The van der Waals surface area contributed by atoms with Crippen molar-refractivity contribution in [3.05, 3.63) is 24.3 Å². The van der Waals surface area contributed by atoms with E-state index in [-0.39, 0.29) is 25.0 Å². The minimum absolute atomic E-state index is 0.0935. The molecule has 1 rings (SSSR count). The molecule has 7 heteroatoms. The minimum Gasteiger partial charge on any atom is -0.491 e. The maximum Gasteiger partial charge on any atom is 0.225 e. The average Bonchev–Trinajstić information content (AvgIpc) is 2.43. The lowest BCUT2D eigenvalue weighted by atomic mass is 10.3. The van der Waals surface area contributed by atoms with E-state index in [0.29, 0.717) is 18.7 Å². The largest absolute Gasteiger partial charge is 0.491 e. The van der Waals surface area contributed by atoms with E-state index >= 15 is 0 Å². The van der Waals surface area contributed by atoms with Crippen molar-refractivity contribution in [1.29, 1.82) is 0 Å². The van der Waals surface area contributed by atoms with Gasteiger partial charge >= 0.3 is 0 Å². The molecule has 130 valence electrons. The van der Waals surface area contributed by atoms with Crippen LogP contribution >= 0.6 is 0 Å². The van der Waals surface area contributed by atoms with E-state index in [9.17, 15) is 13.2 Å². The van der Waals surface area contributed by atoms with Gasteiger partial charge in [-0.05, 0) is 44.5 Å². The molecule has 1 aromatic carbocycles. The van der Waals surface area contributed by atoms with Gasteiger partial charge in [-0.15, -0.1) is 0 Å². The van der Waals surface area contributed by atoms with Gasteiger partial charge in [-0.25, -0.2) is 12.7 Å². The summed E-state index contributed by atoms with van der Waals surface area (Å²) in [6, 6.07) is 7.09. The second kappa shape index (κ2) is 8.88. The third-order valence-corrected chi connectivity index (χ3v) is 4.34. The Labute approximate surface area is 138 Å². The highest BCUT2D eigenvalue weighted by atomic mass is 32.2. The van der Waals surface area contributed by atoms with Crippen molar-refractivity contribution < 1.29 is 17.9 Å². The molecule has 0 atom stereocenters. The van der Waals surface area contributed by atoms with Crippen molar-refractivity contribution >= 4 is 21.6 Å². The third kappa shape index (κ3) is 7.47. The van der Waals surface area contributed by atoms with Gasteiger partial charge in [0.05, 0.1) is 12.4 Å². The van der Waals surface area contributed by atoms with E-state index in [1.807, 2.05) is 20.8 Å². The Morgan fingerprint density at radius 3 is 2.30 bits per heavy atom. The number of benzene rings is 1. The van der Waals surface area contributed by atoms with Crippen LogP contribution in [-0.2, 0) is 14.8 Å². The normalized spacial score (nSPS) is 11.7. The lowest BCUT2D eigenvalue weighted by Gasteiger charge is -2.18. The fourth-order valence-corrected chi connectivity index (χ4v) is 2.97. The van der Waals surface area contributed by atoms with E-state index in [4.69, 9.17) is 4.74 Å². The highest BCUT2D eigenvalue weighted by molar-refractivity contribution is 7.88. The van der Waals surface area contributed by atoms with Crippen LogP contribution in [0.1, 0.15) is 33.6 Å². The molecule has 0 aliphatic carbocycles. The summed E-state index contributed by atoms with van der Waals surface area (Å²) in [5.41, 5.74) is 0.660. The van der Waals surface area contributed by atoms with Crippen LogP contribution in [0.3, 0.4) is 0 Å². The van der Waals surface area contributed by atoms with Gasteiger partial charge in [-0.1, -0.05) is 6.92 Å². The van der Waals surface area contributed by atoms with Gasteiger partial charge in [-0.3, -0.25) is 4.79 Å². The van der Waals surface area contributed by atoms with Crippen LogP contribution < -0.4 is 10.1 Å². The molecule has 0 radical (unpaired) electrons. The van der Waals surface area contributed by atoms with Gasteiger partial charge in [0.15, 0.2) is 0 Å². The van der Waals surface area contributed by atoms with Crippen LogP contribution in [0.25, 0.3) is 0 Å². The van der Waals surface area contributed by atoms with Crippen LogP contribution in [0, 0.1) is 0 Å². The Morgan fingerprint density at radius 2 is 1.83 bits per heavy atom. The van der Waals surface area contributed by atoms with Gasteiger partial charge in [0, 0.05) is 25.2 Å². The zero-order valence-electron chi connectivity index (χ0n) is 14.2. The first kappa shape index (κ1) is 19.4. The number of carbonyl (C=O) groups is 1. The van der Waals surface area contributed by atoms with E-state index in [1.54, 1.807) is 24.3 Å². The molecule has 0 unspecified atom stereocenters. The molecule has 0 bridgehead atoms.